The van der Waals surface area contributed by atoms with Gasteiger partial charge in [0.1, 0.15) is 11.6 Å². The highest BCUT2D eigenvalue weighted by Crippen LogP contribution is 2.32. The van der Waals surface area contributed by atoms with Crippen molar-refractivity contribution in [2.75, 3.05) is 6.61 Å². The number of hydrogen-bond acceptors (Lipinski definition) is 2. The Labute approximate surface area is 87.2 Å². The number of carbonyl (C=O) groups is 1. The molecule has 1 N–H and O–H groups in total. The molecule has 0 aromatic heterocycles. The number of rotatable bonds is 1. The summed E-state index contributed by atoms with van der Waals surface area (Å²) in [5.74, 6) is 0.230. The van der Waals surface area contributed by atoms with E-state index >= 15 is 0 Å². The quantitative estimate of drug-likeness (QED) is 0.765. The molecule has 1 unspecified atom stereocenters. The largest absolute Gasteiger partial charge is 0.493 e. The van der Waals surface area contributed by atoms with Crippen LogP contribution in [-0.2, 0) is 4.79 Å². The summed E-state index contributed by atoms with van der Waals surface area (Å²) in [6.07, 6.45) is 0.677. The Balaban J connectivity index is 2.32. The molecule has 0 saturated heterocycles. The van der Waals surface area contributed by atoms with E-state index in [2.05, 4.69) is 5.32 Å². The zero-order chi connectivity index (χ0) is 10.8. The van der Waals surface area contributed by atoms with Crippen molar-refractivity contribution in [3.05, 3.63) is 29.6 Å². The average Bonchev–Trinajstić information content (AvgIpc) is 2.18. The molecule has 1 amide bonds. The molecule has 1 aliphatic heterocycles. The number of fused-ring (bicyclic) bond motifs is 1. The molecule has 15 heavy (non-hydrogen) atoms. The Kier molecular flexibility index (Phi) is 2.58. The minimum absolute atomic E-state index is 0.114. The molecule has 3 nitrogen and oxygen atoms in total. The predicted octanol–water partition coefficient (Wildman–Crippen LogP) is 1.79. The van der Waals surface area contributed by atoms with Gasteiger partial charge < -0.3 is 10.1 Å². The van der Waals surface area contributed by atoms with Crippen LogP contribution in [0.15, 0.2) is 18.2 Å². The van der Waals surface area contributed by atoms with Gasteiger partial charge in [-0.05, 0) is 18.2 Å². The van der Waals surface area contributed by atoms with E-state index in [9.17, 15) is 9.18 Å². The molecule has 0 aliphatic carbocycles. The fraction of sp³-hybridized carbons (Fsp3) is 0.364. The minimum atomic E-state index is -0.311. The number of nitrogens with one attached hydrogen (secondary N) is 1. The molecule has 0 bridgehead atoms. The van der Waals surface area contributed by atoms with Crippen LogP contribution < -0.4 is 10.1 Å². The molecule has 0 fully saturated rings. The third-order valence-corrected chi connectivity index (χ3v) is 2.39. The van der Waals surface area contributed by atoms with Crippen molar-refractivity contribution in [3.63, 3.8) is 0 Å². The van der Waals surface area contributed by atoms with Crippen LogP contribution in [0, 0.1) is 5.82 Å². The fourth-order valence-electron chi connectivity index (χ4n) is 1.76. The number of carbonyl (C=O) groups excluding carboxylic acids is 1. The van der Waals surface area contributed by atoms with Gasteiger partial charge >= 0.3 is 0 Å². The van der Waals surface area contributed by atoms with E-state index in [1.54, 1.807) is 6.07 Å². The maximum atomic E-state index is 13.0. The summed E-state index contributed by atoms with van der Waals surface area (Å²) >= 11 is 0. The van der Waals surface area contributed by atoms with Gasteiger partial charge in [0.15, 0.2) is 0 Å². The number of ether oxygens (including phenoxy) is 1. The minimum Gasteiger partial charge on any atom is -0.493 e. The second-order valence-corrected chi connectivity index (χ2v) is 3.57. The van der Waals surface area contributed by atoms with Crippen LogP contribution in [0.4, 0.5) is 4.39 Å². The summed E-state index contributed by atoms with van der Waals surface area (Å²) in [6, 6.07) is 4.23. The number of amides is 1. The highest BCUT2D eigenvalue weighted by molar-refractivity contribution is 5.73. The van der Waals surface area contributed by atoms with Crippen LogP contribution in [0.5, 0.6) is 5.75 Å². The number of hydrogen-bond donors (Lipinski definition) is 1. The van der Waals surface area contributed by atoms with Gasteiger partial charge in [0.2, 0.25) is 5.91 Å². The molecule has 1 aromatic carbocycles. The molecular weight excluding hydrogens is 197 g/mol. The van der Waals surface area contributed by atoms with Gasteiger partial charge in [-0.2, -0.15) is 0 Å². The SMILES string of the molecule is CC(=O)NC1CCOc2ccc(F)cc21. The first-order chi connectivity index (χ1) is 7.16. The van der Waals surface area contributed by atoms with Gasteiger partial charge in [-0.25, -0.2) is 4.39 Å². The zero-order valence-electron chi connectivity index (χ0n) is 8.42. The van der Waals surface area contributed by atoms with Crippen LogP contribution in [-0.4, -0.2) is 12.5 Å². The van der Waals surface area contributed by atoms with E-state index in [-0.39, 0.29) is 17.8 Å². The molecule has 1 aromatic rings. The van der Waals surface area contributed by atoms with Crippen LogP contribution in [0.1, 0.15) is 24.9 Å². The molecule has 0 radical (unpaired) electrons. The van der Waals surface area contributed by atoms with Gasteiger partial charge in [-0.15, -0.1) is 0 Å². The topological polar surface area (TPSA) is 38.3 Å². The normalized spacial score (nSPS) is 18.9. The van der Waals surface area contributed by atoms with Crippen LogP contribution >= 0.6 is 0 Å². The Bertz CT molecular complexity index is 392. The van der Waals surface area contributed by atoms with Gasteiger partial charge in [-0.1, -0.05) is 0 Å². The Morgan fingerprint density at radius 2 is 2.40 bits per heavy atom. The summed E-state index contributed by atoms with van der Waals surface area (Å²) in [6.45, 7) is 2.00. The van der Waals surface area contributed by atoms with E-state index < -0.39 is 0 Å². The lowest BCUT2D eigenvalue weighted by atomic mass is 10.0. The van der Waals surface area contributed by atoms with Crippen molar-refractivity contribution in [2.45, 2.75) is 19.4 Å². The first-order valence-electron chi connectivity index (χ1n) is 4.86. The van der Waals surface area contributed by atoms with E-state index in [0.29, 0.717) is 18.8 Å². The van der Waals surface area contributed by atoms with Gasteiger partial charge in [0, 0.05) is 18.9 Å². The van der Waals surface area contributed by atoms with Crippen LogP contribution in [0.25, 0.3) is 0 Å². The number of halogens is 1. The molecule has 2 rings (SSSR count). The molecule has 1 aliphatic rings. The van der Waals surface area contributed by atoms with Crippen molar-refractivity contribution in [3.8, 4) is 5.75 Å². The first-order valence-corrected chi connectivity index (χ1v) is 4.86. The Morgan fingerprint density at radius 1 is 1.60 bits per heavy atom. The second kappa shape index (κ2) is 3.88. The van der Waals surface area contributed by atoms with Crippen molar-refractivity contribution in [1.82, 2.24) is 5.32 Å². The average molecular weight is 209 g/mol. The summed E-state index contributed by atoms with van der Waals surface area (Å²) < 4.78 is 18.4. The van der Waals surface area contributed by atoms with Crippen molar-refractivity contribution < 1.29 is 13.9 Å². The van der Waals surface area contributed by atoms with E-state index in [1.807, 2.05) is 0 Å². The fourth-order valence-corrected chi connectivity index (χ4v) is 1.76. The van der Waals surface area contributed by atoms with Gasteiger partial charge in [0.05, 0.1) is 12.6 Å². The van der Waals surface area contributed by atoms with Crippen LogP contribution in [0.3, 0.4) is 0 Å². The monoisotopic (exact) mass is 209 g/mol. The van der Waals surface area contributed by atoms with E-state index in [0.717, 1.165) is 5.56 Å². The standard InChI is InChI=1S/C11H12FNO2/c1-7(14)13-10-4-5-15-11-3-2-8(12)6-9(10)11/h2-3,6,10H,4-5H2,1H3,(H,13,14). The Morgan fingerprint density at radius 3 is 3.13 bits per heavy atom. The van der Waals surface area contributed by atoms with E-state index in [4.69, 9.17) is 4.74 Å². The lowest BCUT2D eigenvalue weighted by Gasteiger charge is -2.26. The van der Waals surface area contributed by atoms with Crippen molar-refractivity contribution in [2.24, 2.45) is 0 Å². The van der Waals surface area contributed by atoms with E-state index in [1.165, 1.54) is 19.1 Å². The maximum Gasteiger partial charge on any atom is 0.217 e. The molecule has 4 heteroatoms. The molecule has 1 heterocycles. The lowest BCUT2D eigenvalue weighted by molar-refractivity contribution is -0.119. The highest BCUT2D eigenvalue weighted by Gasteiger charge is 2.22. The lowest BCUT2D eigenvalue weighted by Crippen LogP contribution is -2.30. The molecular formula is C11H12FNO2. The van der Waals surface area contributed by atoms with Crippen LogP contribution in [0.2, 0.25) is 0 Å². The summed E-state index contributed by atoms with van der Waals surface area (Å²) in [7, 11) is 0. The smallest absolute Gasteiger partial charge is 0.217 e. The molecule has 0 spiro atoms. The Hall–Kier alpha value is -1.58. The summed E-state index contributed by atoms with van der Waals surface area (Å²) in [5.41, 5.74) is 0.719. The molecule has 1 atom stereocenters. The summed E-state index contributed by atoms with van der Waals surface area (Å²) in [5, 5.41) is 2.78. The molecule has 80 valence electrons. The van der Waals surface area contributed by atoms with Crippen molar-refractivity contribution in [1.29, 1.82) is 0 Å². The predicted molar refractivity (Wildman–Crippen MR) is 53.1 cm³/mol. The van der Waals surface area contributed by atoms with Gasteiger partial charge in [-0.3, -0.25) is 4.79 Å². The number of benzene rings is 1. The van der Waals surface area contributed by atoms with Crippen molar-refractivity contribution >= 4 is 5.91 Å². The first kappa shape index (κ1) is 9.96. The highest BCUT2D eigenvalue weighted by atomic mass is 19.1. The zero-order valence-corrected chi connectivity index (χ0v) is 8.42. The maximum absolute atomic E-state index is 13.0. The molecule has 0 saturated carbocycles. The van der Waals surface area contributed by atoms with Gasteiger partial charge in [0.25, 0.3) is 0 Å². The third kappa shape index (κ3) is 2.09. The third-order valence-electron chi connectivity index (χ3n) is 2.39. The summed E-state index contributed by atoms with van der Waals surface area (Å²) in [4.78, 5) is 11.0. The second-order valence-electron chi connectivity index (χ2n) is 3.57.